The van der Waals surface area contributed by atoms with Crippen LogP contribution in [0, 0.1) is 0 Å². The Morgan fingerprint density at radius 3 is 2.62 bits per heavy atom. The molecule has 1 amide bonds. The summed E-state index contributed by atoms with van der Waals surface area (Å²) in [5, 5.41) is 8.06. The molecule has 1 fully saturated rings. The molecule has 0 saturated heterocycles. The molecule has 0 radical (unpaired) electrons. The molecule has 3 aliphatic rings. The Morgan fingerprint density at radius 2 is 1.95 bits per heavy atom. The lowest BCUT2D eigenvalue weighted by atomic mass is 9.92. The number of amides is 1. The van der Waals surface area contributed by atoms with Crippen LogP contribution < -0.4 is 4.90 Å². The molecule has 6 rings (SSSR count). The van der Waals surface area contributed by atoms with Gasteiger partial charge in [-0.1, -0.05) is 9.24 Å². The van der Waals surface area contributed by atoms with Gasteiger partial charge >= 0.3 is 0 Å². The van der Waals surface area contributed by atoms with Crippen molar-refractivity contribution in [2.24, 2.45) is 7.05 Å². The number of nitrogens with zero attached hydrogens (tertiary/aromatic N) is 6. The van der Waals surface area contributed by atoms with Crippen molar-refractivity contribution in [2.45, 2.75) is 76.3 Å². The highest BCUT2D eigenvalue weighted by molar-refractivity contribution is 7.18. The van der Waals surface area contributed by atoms with Gasteiger partial charge in [-0.05, 0) is 61.8 Å². The molecule has 39 heavy (non-hydrogen) atoms. The maximum atomic E-state index is 14.6. The Labute approximate surface area is 228 Å². The Balaban J connectivity index is 1.45. The number of anilines is 2. The molecule has 0 spiro atoms. The summed E-state index contributed by atoms with van der Waals surface area (Å²) in [6.45, 7) is 3.26. The number of carbonyl (C=O) groups excluding carboxylic acids is 1. The molecule has 2 aliphatic heterocycles. The van der Waals surface area contributed by atoms with E-state index in [2.05, 4.69) is 23.9 Å². The number of fused-ring (bicyclic) bond motifs is 2. The third-order valence-electron chi connectivity index (χ3n) is 8.52. The SMILES string of the molecule is CC(=O)N1CCc2c(c(N3CCCc4cc(-c5cnn(C)c5)c(C(F)F)cc43)nn2C2CCC(F)(P)CC2)C1. The molecule has 7 nitrogen and oxygen atoms in total. The number of hydrogen-bond acceptors (Lipinski definition) is 4. The van der Waals surface area contributed by atoms with Gasteiger partial charge in [-0.2, -0.15) is 10.2 Å². The highest BCUT2D eigenvalue weighted by atomic mass is 31.0. The smallest absolute Gasteiger partial charge is 0.264 e. The van der Waals surface area contributed by atoms with Crippen LogP contribution in [0.2, 0.25) is 0 Å². The maximum Gasteiger partial charge on any atom is 0.264 e. The summed E-state index contributed by atoms with van der Waals surface area (Å²) in [6, 6.07) is 3.58. The van der Waals surface area contributed by atoms with Crippen LogP contribution >= 0.6 is 9.24 Å². The standard InChI is InChI=1S/C28H34F3N6OP/c1-17(38)35-11-7-24-23(16-35)27(33-37(24)20-5-8-28(31,39)9-6-20)36-10-3-4-18-12-21(19-14-32-34(2)15-19)22(26(29)30)13-25(18)36/h12-15,20,26H,3-11,16,39H2,1-2H3. The first-order valence-corrected chi connectivity index (χ1v) is 14.2. The second-order valence-electron chi connectivity index (χ2n) is 11.2. The zero-order chi connectivity index (χ0) is 27.5. The average Bonchev–Trinajstić information content (AvgIpc) is 3.51. The van der Waals surface area contributed by atoms with Crippen LogP contribution in [-0.2, 0) is 31.2 Å². The van der Waals surface area contributed by atoms with Crippen molar-refractivity contribution >= 4 is 26.7 Å². The number of carbonyl (C=O) groups is 1. The van der Waals surface area contributed by atoms with Gasteiger partial charge in [0.05, 0.1) is 18.8 Å². The van der Waals surface area contributed by atoms with Crippen molar-refractivity contribution in [3.8, 4) is 11.1 Å². The quantitative estimate of drug-likeness (QED) is 0.376. The van der Waals surface area contributed by atoms with Crippen molar-refractivity contribution in [3.05, 3.63) is 46.9 Å². The van der Waals surface area contributed by atoms with Crippen molar-refractivity contribution in [1.82, 2.24) is 24.5 Å². The van der Waals surface area contributed by atoms with Crippen LogP contribution in [0.3, 0.4) is 0 Å². The number of aryl methyl sites for hydroxylation is 2. The summed E-state index contributed by atoms with van der Waals surface area (Å²) in [5.74, 6) is 0.733. The minimum absolute atomic E-state index is 0.00220. The second kappa shape index (κ2) is 9.95. The number of halogens is 3. The highest BCUT2D eigenvalue weighted by Gasteiger charge is 2.37. The molecule has 0 bridgehead atoms. The normalized spacial score (nSPS) is 23.2. The molecule has 4 heterocycles. The van der Waals surface area contributed by atoms with E-state index in [1.165, 1.54) is 0 Å². The largest absolute Gasteiger partial charge is 0.338 e. The summed E-state index contributed by atoms with van der Waals surface area (Å²) in [5.41, 5.74) is 4.94. The van der Waals surface area contributed by atoms with Gasteiger partial charge in [-0.3, -0.25) is 14.2 Å². The van der Waals surface area contributed by atoms with Crippen LogP contribution in [0.25, 0.3) is 11.1 Å². The van der Waals surface area contributed by atoms with E-state index in [-0.39, 0.29) is 17.5 Å². The molecule has 1 aromatic carbocycles. The number of hydrogen-bond donors (Lipinski definition) is 0. The van der Waals surface area contributed by atoms with Gasteiger partial charge in [-0.15, -0.1) is 0 Å². The Bertz CT molecular complexity index is 1410. The molecule has 3 aromatic rings. The van der Waals surface area contributed by atoms with Crippen molar-refractivity contribution in [2.75, 3.05) is 18.0 Å². The third-order valence-corrected chi connectivity index (χ3v) is 9.10. The monoisotopic (exact) mass is 558 g/mol. The molecule has 1 atom stereocenters. The lowest BCUT2D eigenvalue weighted by Crippen LogP contribution is -2.36. The summed E-state index contributed by atoms with van der Waals surface area (Å²) in [7, 11) is 4.12. The number of alkyl halides is 3. The minimum atomic E-state index is -2.65. The van der Waals surface area contributed by atoms with Crippen LogP contribution in [0.15, 0.2) is 24.5 Å². The highest BCUT2D eigenvalue weighted by Crippen LogP contribution is 2.46. The van der Waals surface area contributed by atoms with E-state index < -0.39 is 11.8 Å². The maximum absolute atomic E-state index is 14.6. The van der Waals surface area contributed by atoms with E-state index in [4.69, 9.17) is 5.10 Å². The van der Waals surface area contributed by atoms with Crippen LogP contribution in [0.4, 0.5) is 24.7 Å². The first-order chi connectivity index (χ1) is 18.6. The average molecular weight is 559 g/mol. The molecule has 208 valence electrons. The van der Waals surface area contributed by atoms with Gasteiger partial charge in [0.15, 0.2) is 5.82 Å². The molecular formula is C28H34F3N6OP. The van der Waals surface area contributed by atoms with E-state index in [0.29, 0.717) is 62.9 Å². The molecule has 1 unspecified atom stereocenters. The zero-order valence-corrected chi connectivity index (χ0v) is 23.5. The van der Waals surface area contributed by atoms with Gasteiger partial charge in [0, 0.05) is 67.8 Å². The molecule has 11 heteroatoms. The Kier molecular flexibility index (Phi) is 6.72. The van der Waals surface area contributed by atoms with E-state index in [0.717, 1.165) is 41.2 Å². The minimum Gasteiger partial charge on any atom is -0.338 e. The Morgan fingerprint density at radius 1 is 1.18 bits per heavy atom. The Hall–Kier alpha value is -2.87. The number of aromatic nitrogens is 4. The van der Waals surface area contributed by atoms with Gasteiger partial charge < -0.3 is 9.80 Å². The lowest BCUT2D eigenvalue weighted by Gasteiger charge is -2.33. The van der Waals surface area contributed by atoms with Gasteiger partial charge in [0.1, 0.15) is 5.41 Å². The first-order valence-electron chi connectivity index (χ1n) is 13.7. The van der Waals surface area contributed by atoms with E-state index in [9.17, 15) is 18.0 Å². The fourth-order valence-corrected chi connectivity index (χ4v) is 6.74. The van der Waals surface area contributed by atoms with Gasteiger partial charge in [-0.25, -0.2) is 13.2 Å². The summed E-state index contributed by atoms with van der Waals surface area (Å²) >= 11 is 0. The zero-order valence-electron chi connectivity index (χ0n) is 22.3. The summed E-state index contributed by atoms with van der Waals surface area (Å²) in [4.78, 5) is 16.2. The van der Waals surface area contributed by atoms with Crippen LogP contribution in [-0.4, -0.2) is 48.9 Å². The van der Waals surface area contributed by atoms with Crippen molar-refractivity contribution in [1.29, 1.82) is 0 Å². The molecule has 1 saturated carbocycles. The van der Waals surface area contributed by atoms with Gasteiger partial charge in [0.2, 0.25) is 5.91 Å². The molecular weight excluding hydrogens is 524 g/mol. The number of rotatable bonds is 4. The predicted molar refractivity (Wildman–Crippen MR) is 147 cm³/mol. The topological polar surface area (TPSA) is 59.2 Å². The molecule has 0 N–H and O–H groups in total. The van der Waals surface area contributed by atoms with Gasteiger partial charge in [0.25, 0.3) is 6.43 Å². The molecule has 2 aromatic heterocycles. The van der Waals surface area contributed by atoms with Crippen LogP contribution in [0.1, 0.15) is 73.9 Å². The number of benzene rings is 1. The first kappa shape index (κ1) is 26.4. The molecule has 1 aliphatic carbocycles. The van der Waals surface area contributed by atoms with Crippen LogP contribution in [0.5, 0.6) is 0 Å². The fraction of sp³-hybridized carbons (Fsp3) is 0.536. The second-order valence-corrected chi connectivity index (χ2v) is 12.2. The third kappa shape index (κ3) is 4.85. The van der Waals surface area contributed by atoms with Crippen molar-refractivity contribution < 1.29 is 18.0 Å². The summed E-state index contributed by atoms with van der Waals surface area (Å²) in [6.07, 6.45) is 5.30. The van der Waals surface area contributed by atoms with Crippen molar-refractivity contribution in [3.63, 3.8) is 0 Å². The van der Waals surface area contributed by atoms with E-state index in [1.54, 1.807) is 37.1 Å². The lowest BCUT2D eigenvalue weighted by molar-refractivity contribution is -0.129. The summed E-state index contributed by atoms with van der Waals surface area (Å²) < 4.78 is 47.1. The van der Waals surface area contributed by atoms with E-state index >= 15 is 0 Å². The van der Waals surface area contributed by atoms with E-state index in [1.807, 2.05) is 11.0 Å². The fourth-order valence-electron chi connectivity index (χ4n) is 6.40. The predicted octanol–water partition coefficient (Wildman–Crippen LogP) is 5.87.